The number of ether oxygens (including phenoxy) is 3. The Hall–Kier alpha value is -3.32. The molecule has 0 radical (unpaired) electrons. The van der Waals surface area contributed by atoms with Crippen LogP contribution in [0, 0.1) is 0 Å². The van der Waals surface area contributed by atoms with E-state index < -0.39 is 5.91 Å². The van der Waals surface area contributed by atoms with Gasteiger partial charge in [0.1, 0.15) is 19.0 Å². The molecule has 1 aliphatic rings. The molecule has 0 saturated carbocycles. The van der Waals surface area contributed by atoms with E-state index >= 15 is 0 Å². The number of carbonyl (C=O) groups excluding carboxylic acids is 2. The molecular weight excluding hydrogens is 450 g/mol. The van der Waals surface area contributed by atoms with Gasteiger partial charge in [-0.1, -0.05) is 46.3 Å². The van der Waals surface area contributed by atoms with Crippen molar-refractivity contribution in [3.8, 4) is 17.2 Å². The van der Waals surface area contributed by atoms with Crippen LogP contribution >= 0.6 is 15.9 Å². The van der Waals surface area contributed by atoms with Crippen LogP contribution in [0.1, 0.15) is 15.9 Å². The fourth-order valence-corrected chi connectivity index (χ4v) is 3.49. The summed E-state index contributed by atoms with van der Waals surface area (Å²) in [5.74, 6) is 0.883. The standard InChI is InChI=1S/C23H18BrNO5/c24-18-9-5-4-8-16(18)23(27)17-12-20-21(29-11-10-28-20)13-19(17)25-22(26)14-30-15-6-2-1-3-7-15/h1-9,12-13H,10-11,14H2,(H,25,26). The Bertz CT molecular complexity index is 1080. The largest absolute Gasteiger partial charge is 0.486 e. The van der Waals surface area contributed by atoms with E-state index in [2.05, 4.69) is 21.2 Å². The molecule has 0 aliphatic carbocycles. The second-order valence-corrected chi connectivity index (χ2v) is 7.35. The quantitative estimate of drug-likeness (QED) is 0.541. The molecule has 1 heterocycles. The van der Waals surface area contributed by atoms with Gasteiger partial charge in [0.25, 0.3) is 5.91 Å². The number of ketones is 1. The third kappa shape index (κ3) is 4.46. The molecular formula is C23H18BrNO5. The molecule has 30 heavy (non-hydrogen) atoms. The summed E-state index contributed by atoms with van der Waals surface area (Å²) in [6.45, 7) is 0.600. The molecule has 0 aromatic heterocycles. The van der Waals surface area contributed by atoms with Gasteiger partial charge < -0.3 is 19.5 Å². The Morgan fingerprint density at radius 2 is 1.57 bits per heavy atom. The van der Waals surface area contributed by atoms with Crippen molar-refractivity contribution in [3.05, 3.63) is 82.3 Å². The predicted molar refractivity (Wildman–Crippen MR) is 116 cm³/mol. The smallest absolute Gasteiger partial charge is 0.262 e. The molecule has 0 fully saturated rings. The van der Waals surface area contributed by atoms with Crippen LogP contribution in [0.3, 0.4) is 0 Å². The number of benzene rings is 3. The fourth-order valence-electron chi connectivity index (χ4n) is 3.02. The zero-order valence-corrected chi connectivity index (χ0v) is 17.5. The molecule has 0 atom stereocenters. The zero-order valence-electron chi connectivity index (χ0n) is 15.9. The normalized spacial score (nSPS) is 12.2. The van der Waals surface area contributed by atoms with E-state index in [4.69, 9.17) is 14.2 Å². The van der Waals surface area contributed by atoms with E-state index in [-0.39, 0.29) is 12.4 Å². The van der Waals surface area contributed by atoms with Gasteiger partial charge in [-0.25, -0.2) is 0 Å². The first kappa shape index (κ1) is 20.0. The van der Waals surface area contributed by atoms with Crippen LogP contribution in [0.2, 0.25) is 0 Å². The van der Waals surface area contributed by atoms with E-state index in [1.807, 2.05) is 24.3 Å². The number of halogens is 1. The van der Waals surface area contributed by atoms with E-state index in [1.54, 1.807) is 42.5 Å². The Kier molecular flexibility index (Phi) is 5.99. The van der Waals surface area contributed by atoms with Crippen LogP contribution in [0.4, 0.5) is 5.69 Å². The Balaban J connectivity index is 1.61. The molecule has 7 heteroatoms. The lowest BCUT2D eigenvalue weighted by molar-refractivity contribution is -0.118. The maximum atomic E-state index is 13.2. The van der Waals surface area contributed by atoms with Gasteiger partial charge in [-0.15, -0.1) is 0 Å². The number of rotatable bonds is 6. The van der Waals surface area contributed by atoms with Gasteiger partial charge in [0.2, 0.25) is 0 Å². The number of anilines is 1. The van der Waals surface area contributed by atoms with E-state index in [1.165, 1.54) is 0 Å². The van der Waals surface area contributed by atoms with Crippen LogP contribution in [-0.4, -0.2) is 31.5 Å². The summed E-state index contributed by atoms with van der Waals surface area (Å²) in [4.78, 5) is 25.7. The highest BCUT2D eigenvalue weighted by molar-refractivity contribution is 9.10. The molecule has 0 saturated heterocycles. The molecule has 3 aromatic carbocycles. The Morgan fingerprint density at radius 3 is 2.30 bits per heavy atom. The van der Waals surface area contributed by atoms with Crippen molar-refractivity contribution in [1.82, 2.24) is 0 Å². The maximum Gasteiger partial charge on any atom is 0.262 e. The topological polar surface area (TPSA) is 73.9 Å². The number of para-hydroxylation sites is 1. The molecule has 1 N–H and O–H groups in total. The van der Waals surface area contributed by atoms with Crippen LogP contribution in [0.25, 0.3) is 0 Å². The Morgan fingerprint density at radius 1 is 0.900 bits per heavy atom. The van der Waals surface area contributed by atoms with Crippen molar-refractivity contribution >= 4 is 33.3 Å². The summed E-state index contributed by atoms with van der Waals surface area (Å²) in [7, 11) is 0. The summed E-state index contributed by atoms with van der Waals surface area (Å²) in [6, 6.07) is 19.4. The monoisotopic (exact) mass is 467 g/mol. The van der Waals surface area contributed by atoms with Gasteiger partial charge in [-0.2, -0.15) is 0 Å². The molecule has 0 spiro atoms. The number of fused-ring (bicyclic) bond motifs is 1. The first-order valence-corrected chi connectivity index (χ1v) is 10.1. The second kappa shape index (κ2) is 9.00. The highest BCUT2D eigenvalue weighted by atomic mass is 79.9. The lowest BCUT2D eigenvalue weighted by atomic mass is 10.0. The van der Waals surface area contributed by atoms with E-state index in [0.717, 1.165) is 0 Å². The minimum absolute atomic E-state index is 0.193. The minimum atomic E-state index is -0.392. The molecule has 4 rings (SSSR count). The molecule has 0 unspecified atom stereocenters. The average Bonchev–Trinajstić information content (AvgIpc) is 2.78. The number of nitrogens with one attached hydrogen (secondary N) is 1. The summed E-state index contributed by atoms with van der Waals surface area (Å²) in [5.41, 5.74) is 1.12. The number of hydrogen-bond donors (Lipinski definition) is 1. The van der Waals surface area contributed by atoms with Crippen LogP contribution in [0.15, 0.2) is 71.2 Å². The molecule has 1 aliphatic heterocycles. The maximum absolute atomic E-state index is 13.2. The van der Waals surface area contributed by atoms with Crippen molar-refractivity contribution in [2.75, 3.05) is 25.1 Å². The highest BCUT2D eigenvalue weighted by Crippen LogP contribution is 2.37. The number of amides is 1. The van der Waals surface area contributed by atoms with E-state index in [9.17, 15) is 9.59 Å². The van der Waals surface area contributed by atoms with Crippen molar-refractivity contribution < 1.29 is 23.8 Å². The predicted octanol–water partition coefficient (Wildman–Crippen LogP) is 4.47. The SMILES string of the molecule is O=C(COc1ccccc1)Nc1cc2c(cc1C(=O)c1ccccc1Br)OCCO2. The zero-order chi connectivity index (χ0) is 20.9. The van der Waals surface area contributed by atoms with Crippen molar-refractivity contribution in [1.29, 1.82) is 0 Å². The summed E-state index contributed by atoms with van der Waals surface area (Å²) in [5, 5.41) is 2.77. The summed E-state index contributed by atoms with van der Waals surface area (Å²) >= 11 is 3.41. The van der Waals surface area contributed by atoms with Gasteiger partial charge in [0, 0.05) is 16.1 Å². The first-order chi connectivity index (χ1) is 14.6. The van der Waals surface area contributed by atoms with Crippen molar-refractivity contribution in [3.63, 3.8) is 0 Å². The molecule has 0 bridgehead atoms. The molecule has 152 valence electrons. The first-order valence-electron chi connectivity index (χ1n) is 9.32. The lowest BCUT2D eigenvalue weighted by Gasteiger charge is -2.21. The molecule has 6 nitrogen and oxygen atoms in total. The van der Waals surface area contributed by atoms with Crippen LogP contribution < -0.4 is 19.5 Å². The summed E-state index contributed by atoms with van der Waals surface area (Å²) in [6.07, 6.45) is 0. The van der Waals surface area contributed by atoms with Gasteiger partial charge >= 0.3 is 0 Å². The summed E-state index contributed by atoms with van der Waals surface area (Å²) < 4.78 is 17.4. The fraction of sp³-hybridized carbons (Fsp3) is 0.130. The number of carbonyl (C=O) groups is 2. The van der Waals surface area contributed by atoms with Crippen LogP contribution in [0.5, 0.6) is 17.2 Å². The highest BCUT2D eigenvalue weighted by Gasteiger charge is 2.23. The van der Waals surface area contributed by atoms with Gasteiger partial charge in [0.05, 0.1) is 11.3 Å². The van der Waals surface area contributed by atoms with Crippen LogP contribution in [-0.2, 0) is 4.79 Å². The third-order valence-corrected chi connectivity index (χ3v) is 5.12. The molecule has 1 amide bonds. The van der Waals surface area contributed by atoms with Gasteiger partial charge in [0.15, 0.2) is 23.9 Å². The van der Waals surface area contributed by atoms with Crippen molar-refractivity contribution in [2.24, 2.45) is 0 Å². The van der Waals surface area contributed by atoms with E-state index in [0.29, 0.717) is 51.7 Å². The minimum Gasteiger partial charge on any atom is -0.486 e. The molecule has 3 aromatic rings. The number of hydrogen-bond acceptors (Lipinski definition) is 5. The lowest BCUT2D eigenvalue weighted by Crippen LogP contribution is -2.23. The van der Waals surface area contributed by atoms with Gasteiger partial charge in [-0.3, -0.25) is 9.59 Å². The van der Waals surface area contributed by atoms with Crippen molar-refractivity contribution in [2.45, 2.75) is 0 Å². The second-order valence-electron chi connectivity index (χ2n) is 6.50. The average molecular weight is 468 g/mol. The third-order valence-electron chi connectivity index (χ3n) is 4.43. The Labute approximate surface area is 181 Å². The van der Waals surface area contributed by atoms with Gasteiger partial charge in [-0.05, 0) is 30.3 Å².